The molecule has 1 nitrogen and oxygen atoms in total. The molecule has 0 aliphatic heterocycles. The van der Waals surface area contributed by atoms with Crippen molar-refractivity contribution >= 4 is 0 Å². The van der Waals surface area contributed by atoms with E-state index in [1.54, 1.807) is 13.8 Å². The van der Waals surface area contributed by atoms with Gasteiger partial charge in [-0.25, -0.2) is 0 Å². The van der Waals surface area contributed by atoms with Crippen LogP contribution in [-0.2, 0) is 12.3 Å². The molecule has 0 unspecified atom stereocenters. The van der Waals surface area contributed by atoms with E-state index in [0.29, 0.717) is 5.56 Å². The van der Waals surface area contributed by atoms with Crippen molar-refractivity contribution in [1.29, 1.82) is 0 Å². The van der Waals surface area contributed by atoms with Crippen molar-refractivity contribution in [3.8, 4) is 0 Å². The van der Waals surface area contributed by atoms with E-state index in [1.165, 1.54) is 12.1 Å². The van der Waals surface area contributed by atoms with Crippen LogP contribution in [0.2, 0.25) is 0 Å². The lowest BCUT2D eigenvalue weighted by Gasteiger charge is -2.22. The number of alkyl halides is 5. The molecule has 0 spiro atoms. The van der Waals surface area contributed by atoms with Gasteiger partial charge in [-0.1, -0.05) is 18.2 Å². The summed E-state index contributed by atoms with van der Waals surface area (Å²) in [5, 5.41) is 0. The van der Waals surface area contributed by atoms with Crippen LogP contribution in [0, 0.1) is 0 Å². The van der Waals surface area contributed by atoms with E-state index in [2.05, 4.69) is 0 Å². The number of rotatable bonds is 3. The first-order valence-corrected chi connectivity index (χ1v) is 5.26. The topological polar surface area (TPSA) is 26.0 Å². The van der Waals surface area contributed by atoms with Crippen molar-refractivity contribution in [2.45, 2.75) is 37.9 Å². The average Bonchev–Trinajstić information content (AvgIpc) is 2.13. The van der Waals surface area contributed by atoms with E-state index < -0.39 is 23.2 Å². The van der Waals surface area contributed by atoms with Gasteiger partial charge in [0, 0.05) is 11.1 Å². The van der Waals surface area contributed by atoms with Gasteiger partial charge in [-0.2, -0.15) is 22.0 Å². The first-order valence-electron chi connectivity index (χ1n) is 5.26. The van der Waals surface area contributed by atoms with Crippen LogP contribution in [0.1, 0.15) is 25.0 Å². The lowest BCUT2D eigenvalue weighted by atomic mass is 9.94. The molecule has 0 aliphatic rings. The fraction of sp³-hybridized carbons (Fsp3) is 0.500. The van der Waals surface area contributed by atoms with Crippen LogP contribution in [0.15, 0.2) is 24.3 Å². The molecule has 0 saturated carbocycles. The maximum atomic E-state index is 13.1. The standard InChI is InChI=1S/C12H14F5N/c1-10(2,18)7-8-4-3-5-9(6-8)11(13,14)12(15,16)17/h3-6H,7,18H2,1-2H3. The molecule has 18 heavy (non-hydrogen) atoms. The average molecular weight is 267 g/mol. The van der Waals surface area contributed by atoms with Crippen LogP contribution in [-0.4, -0.2) is 11.7 Å². The normalized spacial score (nSPS) is 13.8. The fourth-order valence-electron chi connectivity index (χ4n) is 1.57. The van der Waals surface area contributed by atoms with Crippen molar-refractivity contribution in [3.63, 3.8) is 0 Å². The van der Waals surface area contributed by atoms with Gasteiger partial charge in [-0.05, 0) is 31.9 Å². The predicted molar refractivity (Wildman–Crippen MR) is 58.4 cm³/mol. The van der Waals surface area contributed by atoms with Crippen molar-refractivity contribution < 1.29 is 22.0 Å². The Hall–Kier alpha value is -1.17. The Morgan fingerprint density at radius 3 is 2.06 bits per heavy atom. The van der Waals surface area contributed by atoms with Gasteiger partial charge in [0.15, 0.2) is 0 Å². The third-order valence-corrected chi connectivity index (χ3v) is 2.31. The summed E-state index contributed by atoms with van der Waals surface area (Å²) in [6.07, 6.45) is -5.38. The molecule has 0 atom stereocenters. The van der Waals surface area contributed by atoms with Crippen LogP contribution in [0.3, 0.4) is 0 Å². The summed E-state index contributed by atoms with van der Waals surface area (Å²) in [7, 11) is 0. The van der Waals surface area contributed by atoms with E-state index >= 15 is 0 Å². The Labute approximate surface area is 102 Å². The van der Waals surface area contributed by atoms with Gasteiger partial charge in [0.05, 0.1) is 0 Å². The van der Waals surface area contributed by atoms with Crippen molar-refractivity contribution in [2.24, 2.45) is 5.73 Å². The molecule has 0 aliphatic carbocycles. The fourth-order valence-corrected chi connectivity index (χ4v) is 1.57. The zero-order valence-electron chi connectivity index (χ0n) is 9.98. The summed E-state index contributed by atoms with van der Waals surface area (Å²) in [4.78, 5) is 0. The Morgan fingerprint density at radius 2 is 1.61 bits per heavy atom. The largest absolute Gasteiger partial charge is 0.458 e. The number of nitrogens with two attached hydrogens (primary N) is 1. The van der Waals surface area contributed by atoms with E-state index in [9.17, 15) is 22.0 Å². The first-order chi connectivity index (χ1) is 7.93. The highest BCUT2D eigenvalue weighted by molar-refractivity contribution is 5.29. The minimum atomic E-state index is -5.59. The Balaban J connectivity index is 3.10. The van der Waals surface area contributed by atoms with Crippen LogP contribution < -0.4 is 5.73 Å². The van der Waals surface area contributed by atoms with Crippen molar-refractivity contribution in [3.05, 3.63) is 35.4 Å². The second kappa shape index (κ2) is 4.50. The van der Waals surface area contributed by atoms with Crippen molar-refractivity contribution in [1.82, 2.24) is 0 Å². The lowest BCUT2D eigenvalue weighted by Crippen LogP contribution is -2.35. The molecule has 102 valence electrons. The quantitative estimate of drug-likeness (QED) is 0.832. The van der Waals surface area contributed by atoms with Gasteiger partial charge in [0.25, 0.3) is 0 Å². The minimum absolute atomic E-state index is 0.217. The number of benzene rings is 1. The highest BCUT2D eigenvalue weighted by Gasteiger charge is 2.58. The van der Waals surface area contributed by atoms with Crippen LogP contribution in [0.25, 0.3) is 0 Å². The maximum absolute atomic E-state index is 13.1. The lowest BCUT2D eigenvalue weighted by molar-refractivity contribution is -0.289. The predicted octanol–water partition coefficient (Wildman–Crippen LogP) is 3.62. The minimum Gasteiger partial charge on any atom is -0.325 e. The third kappa shape index (κ3) is 3.41. The maximum Gasteiger partial charge on any atom is 0.458 e. The van der Waals surface area contributed by atoms with Crippen LogP contribution >= 0.6 is 0 Å². The number of hydrogen-bond acceptors (Lipinski definition) is 1. The Morgan fingerprint density at radius 1 is 1.06 bits per heavy atom. The molecule has 1 aromatic rings. The van der Waals surface area contributed by atoms with Gasteiger partial charge >= 0.3 is 12.1 Å². The molecule has 1 rings (SSSR count). The summed E-state index contributed by atoms with van der Waals surface area (Å²) >= 11 is 0. The third-order valence-electron chi connectivity index (χ3n) is 2.31. The molecular formula is C12H14F5N. The molecule has 0 amide bonds. The summed E-state index contributed by atoms with van der Waals surface area (Å²) in [5.74, 6) is -4.85. The van der Waals surface area contributed by atoms with Gasteiger partial charge in [-0.3, -0.25) is 0 Å². The number of hydrogen-bond donors (Lipinski definition) is 1. The molecule has 0 heterocycles. The SMILES string of the molecule is CC(C)(N)Cc1cccc(C(F)(F)C(F)(F)F)c1. The van der Waals surface area contributed by atoms with E-state index in [-0.39, 0.29) is 6.42 Å². The molecule has 0 fully saturated rings. The first kappa shape index (κ1) is 14.9. The smallest absolute Gasteiger partial charge is 0.325 e. The highest BCUT2D eigenvalue weighted by Crippen LogP contribution is 2.43. The zero-order chi connectivity index (χ0) is 14.2. The van der Waals surface area contributed by atoms with Crippen LogP contribution in [0.4, 0.5) is 22.0 Å². The molecule has 0 aromatic heterocycles. The van der Waals surface area contributed by atoms with Gasteiger partial charge in [0.1, 0.15) is 0 Å². The monoisotopic (exact) mass is 267 g/mol. The Kier molecular flexibility index (Phi) is 3.72. The number of halogens is 5. The van der Waals surface area contributed by atoms with E-state index in [0.717, 1.165) is 12.1 Å². The molecule has 0 saturated heterocycles. The molecule has 6 heteroatoms. The van der Waals surface area contributed by atoms with E-state index in [4.69, 9.17) is 5.73 Å². The van der Waals surface area contributed by atoms with Crippen molar-refractivity contribution in [2.75, 3.05) is 0 Å². The molecule has 0 bridgehead atoms. The van der Waals surface area contributed by atoms with Gasteiger partial charge < -0.3 is 5.73 Å². The summed E-state index contributed by atoms with van der Waals surface area (Å²) in [5.41, 5.74) is 4.32. The molecule has 1 aromatic carbocycles. The summed E-state index contributed by atoms with van der Waals surface area (Å²) in [6.45, 7) is 3.34. The van der Waals surface area contributed by atoms with Crippen LogP contribution in [0.5, 0.6) is 0 Å². The van der Waals surface area contributed by atoms with E-state index in [1.807, 2.05) is 0 Å². The van der Waals surface area contributed by atoms with Gasteiger partial charge in [0.2, 0.25) is 0 Å². The van der Waals surface area contributed by atoms with Gasteiger partial charge in [-0.15, -0.1) is 0 Å². The second-order valence-electron chi connectivity index (χ2n) is 4.94. The second-order valence-corrected chi connectivity index (χ2v) is 4.94. The summed E-state index contributed by atoms with van der Waals surface area (Å²) < 4.78 is 62.9. The highest BCUT2D eigenvalue weighted by atomic mass is 19.4. The molecule has 2 N–H and O–H groups in total. The zero-order valence-corrected chi connectivity index (χ0v) is 9.98. The summed E-state index contributed by atoms with van der Waals surface area (Å²) in [6, 6.07) is 4.27. The molecular weight excluding hydrogens is 253 g/mol. The molecule has 0 radical (unpaired) electrons. The Bertz CT molecular complexity index is 417.